The first-order valence-electron chi connectivity index (χ1n) is 7.25. The molecule has 3 nitrogen and oxygen atoms in total. The van der Waals surface area contributed by atoms with Crippen LogP contribution in [0.25, 0.3) is 0 Å². The van der Waals surface area contributed by atoms with Gasteiger partial charge in [-0.15, -0.1) is 0 Å². The quantitative estimate of drug-likeness (QED) is 0.828. The van der Waals surface area contributed by atoms with E-state index in [0.717, 1.165) is 6.54 Å². The van der Waals surface area contributed by atoms with E-state index in [1.165, 1.54) is 42.4 Å². The van der Waals surface area contributed by atoms with Crippen LogP contribution in [0.15, 0.2) is 18.2 Å². The lowest BCUT2D eigenvalue weighted by Gasteiger charge is -2.17. The minimum atomic E-state index is -0.708. The normalized spacial score (nSPS) is 15.8. The van der Waals surface area contributed by atoms with E-state index in [9.17, 15) is 4.79 Å². The first-order chi connectivity index (χ1) is 9.20. The van der Waals surface area contributed by atoms with Crippen molar-refractivity contribution in [1.82, 2.24) is 5.32 Å². The van der Waals surface area contributed by atoms with Gasteiger partial charge in [0.1, 0.15) is 0 Å². The number of rotatable bonds is 6. The van der Waals surface area contributed by atoms with Crippen LogP contribution in [0, 0.1) is 5.92 Å². The van der Waals surface area contributed by atoms with Gasteiger partial charge in [-0.05, 0) is 48.8 Å². The largest absolute Gasteiger partial charge is 0.481 e. The Morgan fingerprint density at radius 3 is 2.74 bits per heavy atom. The van der Waals surface area contributed by atoms with Crippen LogP contribution in [0.4, 0.5) is 0 Å². The molecule has 19 heavy (non-hydrogen) atoms. The van der Waals surface area contributed by atoms with Gasteiger partial charge in [0, 0.05) is 13.1 Å². The first-order valence-corrected chi connectivity index (χ1v) is 7.25. The Labute approximate surface area is 115 Å². The van der Waals surface area contributed by atoms with Gasteiger partial charge in [0.25, 0.3) is 0 Å². The zero-order valence-electron chi connectivity index (χ0n) is 11.6. The molecular weight excluding hydrogens is 238 g/mol. The second-order valence-corrected chi connectivity index (χ2v) is 5.38. The number of nitrogens with one attached hydrogen (secondary N) is 1. The first kappa shape index (κ1) is 14.1. The highest BCUT2D eigenvalue weighted by Crippen LogP contribution is 2.22. The van der Waals surface area contributed by atoms with Crippen LogP contribution in [0.1, 0.15) is 42.9 Å². The molecule has 2 N–H and O–H groups in total. The molecular formula is C16H23NO2. The minimum Gasteiger partial charge on any atom is -0.481 e. The number of hydrogen-bond acceptors (Lipinski definition) is 2. The van der Waals surface area contributed by atoms with Gasteiger partial charge in [-0.25, -0.2) is 0 Å². The van der Waals surface area contributed by atoms with Crippen LogP contribution in [0.3, 0.4) is 0 Å². The van der Waals surface area contributed by atoms with Gasteiger partial charge < -0.3 is 10.4 Å². The summed E-state index contributed by atoms with van der Waals surface area (Å²) in [6.07, 6.45) is 5.67. The van der Waals surface area contributed by atoms with Gasteiger partial charge >= 0.3 is 5.97 Å². The maximum absolute atomic E-state index is 10.9. The second kappa shape index (κ2) is 6.71. The molecule has 1 atom stereocenters. The lowest BCUT2D eigenvalue weighted by Crippen LogP contribution is -2.27. The molecule has 104 valence electrons. The zero-order chi connectivity index (χ0) is 13.7. The Kier molecular flexibility index (Phi) is 4.97. The average Bonchev–Trinajstić information content (AvgIpc) is 2.43. The molecule has 0 saturated carbocycles. The van der Waals surface area contributed by atoms with E-state index in [1.807, 2.05) is 6.92 Å². The summed E-state index contributed by atoms with van der Waals surface area (Å²) in [5.74, 6) is -0.988. The Balaban J connectivity index is 1.88. The summed E-state index contributed by atoms with van der Waals surface area (Å²) in [4.78, 5) is 10.9. The van der Waals surface area contributed by atoms with Crippen molar-refractivity contribution in [2.24, 2.45) is 5.92 Å². The number of carboxylic acids is 1. The van der Waals surface area contributed by atoms with Crippen LogP contribution in [0.2, 0.25) is 0 Å². The Bertz CT molecular complexity index is 442. The number of aryl methyl sites for hydroxylation is 2. The Morgan fingerprint density at radius 1 is 1.32 bits per heavy atom. The van der Waals surface area contributed by atoms with E-state index in [-0.39, 0.29) is 5.92 Å². The number of hydrogen-bond donors (Lipinski definition) is 2. The minimum absolute atomic E-state index is 0.280. The summed E-state index contributed by atoms with van der Waals surface area (Å²) in [5, 5.41) is 12.2. The predicted octanol–water partition coefficient (Wildman–Crippen LogP) is 2.77. The molecule has 1 aromatic rings. The fraction of sp³-hybridized carbons (Fsp3) is 0.562. The van der Waals surface area contributed by atoms with E-state index in [0.29, 0.717) is 13.0 Å². The molecule has 1 aliphatic carbocycles. The van der Waals surface area contributed by atoms with Gasteiger partial charge in [0.15, 0.2) is 0 Å². The van der Waals surface area contributed by atoms with Crippen molar-refractivity contribution in [3.63, 3.8) is 0 Å². The third-order valence-corrected chi connectivity index (χ3v) is 3.97. The molecule has 0 amide bonds. The van der Waals surface area contributed by atoms with Gasteiger partial charge in [0.05, 0.1) is 5.92 Å². The van der Waals surface area contributed by atoms with Crippen molar-refractivity contribution < 1.29 is 9.90 Å². The van der Waals surface area contributed by atoms with Crippen LogP contribution < -0.4 is 5.32 Å². The summed E-state index contributed by atoms with van der Waals surface area (Å²) in [7, 11) is 0. The third kappa shape index (κ3) is 3.80. The van der Waals surface area contributed by atoms with Gasteiger partial charge in [-0.1, -0.05) is 25.1 Å². The maximum atomic E-state index is 10.9. The monoisotopic (exact) mass is 261 g/mol. The molecule has 1 unspecified atom stereocenters. The van der Waals surface area contributed by atoms with Crippen LogP contribution in [-0.4, -0.2) is 17.6 Å². The summed E-state index contributed by atoms with van der Waals surface area (Å²) >= 11 is 0. The number of carboxylic acid groups (broad SMARTS) is 1. The average molecular weight is 261 g/mol. The summed E-state index contributed by atoms with van der Waals surface area (Å²) in [6.45, 7) is 3.22. The molecule has 0 aromatic heterocycles. The van der Waals surface area contributed by atoms with E-state index >= 15 is 0 Å². The highest BCUT2D eigenvalue weighted by atomic mass is 16.4. The molecule has 0 heterocycles. The van der Waals surface area contributed by atoms with Gasteiger partial charge in [-0.2, -0.15) is 0 Å². The molecule has 0 aliphatic heterocycles. The number of benzene rings is 1. The molecule has 0 spiro atoms. The lowest BCUT2D eigenvalue weighted by molar-refractivity contribution is -0.141. The lowest BCUT2D eigenvalue weighted by atomic mass is 9.90. The van der Waals surface area contributed by atoms with Crippen LogP contribution in [0.5, 0.6) is 0 Å². The van der Waals surface area contributed by atoms with Crippen molar-refractivity contribution in [3.8, 4) is 0 Å². The topological polar surface area (TPSA) is 49.3 Å². The highest BCUT2D eigenvalue weighted by molar-refractivity contribution is 5.70. The summed E-state index contributed by atoms with van der Waals surface area (Å²) in [5.41, 5.74) is 4.24. The Hall–Kier alpha value is -1.35. The van der Waals surface area contributed by atoms with Crippen molar-refractivity contribution in [2.75, 3.05) is 6.54 Å². The predicted molar refractivity (Wildman–Crippen MR) is 76.2 cm³/mol. The van der Waals surface area contributed by atoms with Crippen molar-refractivity contribution in [3.05, 3.63) is 34.9 Å². The van der Waals surface area contributed by atoms with Gasteiger partial charge in [0.2, 0.25) is 0 Å². The third-order valence-electron chi connectivity index (χ3n) is 3.97. The molecule has 1 aliphatic rings. The fourth-order valence-corrected chi connectivity index (χ4v) is 2.69. The maximum Gasteiger partial charge on any atom is 0.307 e. The van der Waals surface area contributed by atoms with E-state index in [2.05, 4.69) is 23.5 Å². The Morgan fingerprint density at radius 2 is 2.05 bits per heavy atom. The SMILES string of the molecule is CCC(CNCc1ccc2c(c1)CCCC2)C(=O)O. The van der Waals surface area contributed by atoms with Crippen molar-refractivity contribution in [1.29, 1.82) is 0 Å². The van der Waals surface area contributed by atoms with Gasteiger partial charge in [-0.3, -0.25) is 4.79 Å². The molecule has 0 radical (unpaired) electrons. The molecule has 1 aromatic carbocycles. The summed E-state index contributed by atoms with van der Waals surface area (Å²) < 4.78 is 0. The van der Waals surface area contributed by atoms with Crippen LogP contribution >= 0.6 is 0 Å². The summed E-state index contributed by atoms with van der Waals surface area (Å²) in [6, 6.07) is 6.68. The zero-order valence-corrected chi connectivity index (χ0v) is 11.6. The number of aliphatic carboxylic acids is 1. The highest BCUT2D eigenvalue weighted by Gasteiger charge is 2.14. The molecule has 0 bridgehead atoms. The number of fused-ring (bicyclic) bond motifs is 1. The van der Waals surface area contributed by atoms with Crippen LogP contribution in [-0.2, 0) is 24.2 Å². The van der Waals surface area contributed by atoms with E-state index in [4.69, 9.17) is 5.11 Å². The fourth-order valence-electron chi connectivity index (χ4n) is 2.69. The van der Waals surface area contributed by atoms with Crippen molar-refractivity contribution in [2.45, 2.75) is 45.6 Å². The second-order valence-electron chi connectivity index (χ2n) is 5.38. The van der Waals surface area contributed by atoms with E-state index in [1.54, 1.807) is 0 Å². The molecule has 3 heteroatoms. The smallest absolute Gasteiger partial charge is 0.307 e. The molecule has 2 rings (SSSR count). The molecule has 0 fully saturated rings. The van der Waals surface area contributed by atoms with E-state index < -0.39 is 5.97 Å². The van der Waals surface area contributed by atoms with Crippen molar-refractivity contribution >= 4 is 5.97 Å². The molecule has 0 saturated heterocycles. The number of carbonyl (C=O) groups is 1. The standard InChI is InChI=1S/C16H23NO2/c1-2-13(16(18)19)11-17-10-12-7-8-14-5-3-4-6-15(14)9-12/h7-9,13,17H,2-6,10-11H2,1H3,(H,18,19).